The molecule has 0 amide bonds. The van der Waals surface area contributed by atoms with Gasteiger partial charge in [-0.2, -0.15) is 0 Å². The summed E-state index contributed by atoms with van der Waals surface area (Å²) in [6, 6.07) is 15.0. The fraction of sp³-hybridized carbons (Fsp3) is 0.379. The quantitative estimate of drug-likeness (QED) is 0.367. The Balaban J connectivity index is 1.61. The van der Waals surface area contributed by atoms with Gasteiger partial charge in [0.1, 0.15) is 19.0 Å². The van der Waals surface area contributed by atoms with Crippen molar-refractivity contribution in [2.45, 2.75) is 45.4 Å². The van der Waals surface area contributed by atoms with Gasteiger partial charge in [-0.3, -0.25) is 4.79 Å². The molecule has 7 nitrogen and oxygen atoms in total. The molecule has 2 aromatic carbocycles. The van der Waals surface area contributed by atoms with Crippen molar-refractivity contribution in [3.8, 4) is 17.2 Å². The van der Waals surface area contributed by atoms with Crippen LogP contribution in [0.25, 0.3) is 0 Å². The Kier molecular flexibility index (Phi) is 8.31. The van der Waals surface area contributed by atoms with Crippen molar-refractivity contribution in [1.82, 2.24) is 5.32 Å². The van der Waals surface area contributed by atoms with Gasteiger partial charge < -0.3 is 24.3 Å². The van der Waals surface area contributed by atoms with E-state index in [0.717, 1.165) is 30.5 Å². The van der Waals surface area contributed by atoms with Crippen LogP contribution in [0.4, 0.5) is 0 Å². The molecule has 1 heterocycles. The largest absolute Gasteiger partial charge is 0.493 e. The lowest BCUT2D eigenvalue weighted by atomic mass is 9.75. The van der Waals surface area contributed by atoms with E-state index in [4.69, 9.17) is 18.9 Å². The van der Waals surface area contributed by atoms with Crippen LogP contribution in [0.3, 0.4) is 0 Å². The zero-order valence-electron chi connectivity index (χ0n) is 21.1. The maximum atomic E-state index is 13.4. The molecule has 2 aromatic rings. The standard InChI is InChI=1S/C29H33NO6/c1-4-15-35-24-14-13-20(18-25(24)33-3)27-26(19(2)30-22-11-8-12-23(31)28(22)27)29(32)36-17-16-34-21-9-6-5-7-10-21/h5-7,9-10,13-14,18,27,30H,4,8,11-12,15-17H2,1-3H3/t27-/m0/s1. The molecular weight excluding hydrogens is 458 g/mol. The Morgan fingerprint density at radius 2 is 1.81 bits per heavy atom. The van der Waals surface area contributed by atoms with Crippen molar-refractivity contribution in [2.75, 3.05) is 26.9 Å². The normalized spacial score (nSPS) is 17.3. The van der Waals surface area contributed by atoms with Gasteiger partial charge in [0.15, 0.2) is 17.3 Å². The smallest absolute Gasteiger partial charge is 0.336 e. The third kappa shape index (κ3) is 5.56. The maximum Gasteiger partial charge on any atom is 0.336 e. The second kappa shape index (κ2) is 11.8. The molecule has 36 heavy (non-hydrogen) atoms. The number of benzene rings is 2. The molecule has 7 heteroatoms. The number of esters is 1. The van der Waals surface area contributed by atoms with Crippen molar-refractivity contribution in [1.29, 1.82) is 0 Å². The highest BCUT2D eigenvalue weighted by atomic mass is 16.6. The minimum absolute atomic E-state index is 0.0456. The average molecular weight is 492 g/mol. The molecule has 1 aliphatic carbocycles. The van der Waals surface area contributed by atoms with Crippen molar-refractivity contribution >= 4 is 11.8 Å². The topological polar surface area (TPSA) is 83.1 Å². The van der Waals surface area contributed by atoms with E-state index in [-0.39, 0.29) is 19.0 Å². The van der Waals surface area contributed by atoms with E-state index in [0.29, 0.717) is 47.1 Å². The zero-order chi connectivity index (χ0) is 25.5. The minimum atomic E-state index is -0.550. The molecule has 0 fully saturated rings. The van der Waals surface area contributed by atoms with Crippen molar-refractivity contribution < 1.29 is 28.5 Å². The predicted molar refractivity (Wildman–Crippen MR) is 136 cm³/mol. The van der Waals surface area contributed by atoms with Gasteiger partial charge in [0, 0.05) is 29.3 Å². The van der Waals surface area contributed by atoms with Gasteiger partial charge in [-0.25, -0.2) is 4.79 Å². The van der Waals surface area contributed by atoms with Crippen molar-refractivity contribution in [3.63, 3.8) is 0 Å². The van der Waals surface area contributed by atoms with Crippen LogP contribution in [0, 0.1) is 0 Å². The number of rotatable bonds is 10. The highest BCUT2D eigenvalue weighted by Gasteiger charge is 2.39. The van der Waals surface area contributed by atoms with E-state index in [1.54, 1.807) is 7.11 Å². The number of hydrogen-bond donors (Lipinski definition) is 1. The second-order valence-electron chi connectivity index (χ2n) is 8.82. The Labute approximate surface area is 212 Å². The summed E-state index contributed by atoms with van der Waals surface area (Å²) in [6.07, 6.45) is 2.87. The second-order valence-corrected chi connectivity index (χ2v) is 8.82. The molecule has 1 atom stereocenters. The summed E-state index contributed by atoms with van der Waals surface area (Å²) in [5.41, 5.74) is 3.40. The Morgan fingerprint density at radius 1 is 1.00 bits per heavy atom. The Bertz CT molecular complexity index is 1170. The number of allylic oxidation sites excluding steroid dienone is 3. The number of carbonyl (C=O) groups excluding carboxylic acids is 2. The number of Topliss-reactive ketones (excluding diaryl/α,β-unsaturated/α-hetero) is 1. The van der Waals surface area contributed by atoms with Crippen LogP contribution in [0.5, 0.6) is 17.2 Å². The first-order valence-electron chi connectivity index (χ1n) is 12.4. The number of methoxy groups -OCH3 is 1. The van der Waals surface area contributed by atoms with Gasteiger partial charge in [0.2, 0.25) is 0 Å². The lowest BCUT2D eigenvalue weighted by Crippen LogP contribution is -2.34. The van der Waals surface area contributed by atoms with Gasteiger partial charge in [0.25, 0.3) is 0 Å². The predicted octanol–water partition coefficient (Wildman–Crippen LogP) is 5.07. The van der Waals surface area contributed by atoms with Crippen LogP contribution in [0.2, 0.25) is 0 Å². The summed E-state index contributed by atoms with van der Waals surface area (Å²) in [7, 11) is 1.58. The number of nitrogens with one attached hydrogen (secondary N) is 1. The maximum absolute atomic E-state index is 13.4. The molecule has 1 N–H and O–H groups in total. The van der Waals surface area contributed by atoms with Crippen molar-refractivity contribution in [2.24, 2.45) is 0 Å². The molecule has 0 aromatic heterocycles. The minimum Gasteiger partial charge on any atom is -0.493 e. The summed E-state index contributed by atoms with van der Waals surface area (Å²) < 4.78 is 22.7. The molecule has 0 unspecified atom stereocenters. The average Bonchev–Trinajstić information content (AvgIpc) is 2.89. The summed E-state index contributed by atoms with van der Waals surface area (Å²) in [5.74, 6) is 0.920. The molecule has 0 bridgehead atoms. The summed E-state index contributed by atoms with van der Waals surface area (Å²) >= 11 is 0. The van der Waals surface area contributed by atoms with E-state index in [9.17, 15) is 9.59 Å². The molecule has 2 aliphatic rings. The number of carbonyl (C=O) groups is 2. The number of para-hydroxylation sites is 1. The summed E-state index contributed by atoms with van der Waals surface area (Å²) in [5, 5.41) is 3.31. The van der Waals surface area contributed by atoms with E-state index in [1.807, 2.05) is 62.4 Å². The fourth-order valence-corrected chi connectivity index (χ4v) is 4.67. The highest BCUT2D eigenvalue weighted by molar-refractivity contribution is 6.03. The first-order chi connectivity index (χ1) is 17.5. The number of ether oxygens (including phenoxy) is 4. The third-order valence-corrected chi connectivity index (χ3v) is 6.31. The van der Waals surface area contributed by atoms with Crippen LogP contribution >= 0.6 is 0 Å². The molecule has 0 spiro atoms. The van der Waals surface area contributed by atoms with E-state index in [1.165, 1.54) is 0 Å². The van der Waals surface area contributed by atoms with Crippen LogP contribution in [-0.4, -0.2) is 38.7 Å². The molecule has 0 radical (unpaired) electrons. The Hall–Kier alpha value is -3.74. The van der Waals surface area contributed by atoms with Gasteiger partial charge in [0.05, 0.1) is 19.3 Å². The molecule has 0 saturated heterocycles. The zero-order valence-corrected chi connectivity index (χ0v) is 21.1. The lowest BCUT2D eigenvalue weighted by molar-refractivity contribution is -0.140. The highest BCUT2D eigenvalue weighted by Crippen LogP contribution is 2.44. The van der Waals surface area contributed by atoms with Crippen LogP contribution in [-0.2, 0) is 14.3 Å². The monoisotopic (exact) mass is 491 g/mol. The van der Waals surface area contributed by atoms with Gasteiger partial charge in [-0.15, -0.1) is 0 Å². The summed E-state index contributed by atoms with van der Waals surface area (Å²) in [6.45, 7) is 4.77. The van der Waals surface area contributed by atoms with E-state index < -0.39 is 11.9 Å². The molecule has 190 valence electrons. The third-order valence-electron chi connectivity index (χ3n) is 6.31. The Morgan fingerprint density at radius 3 is 2.56 bits per heavy atom. The van der Waals surface area contributed by atoms with Crippen LogP contribution in [0.1, 0.15) is 51.0 Å². The fourth-order valence-electron chi connectivity index (χ4n) is 4.67. The summed E-state index contributed by atoms with van der Waals surface area (Å²) in [4.78, 5) is 26.5. The first-order valence-corrected chi connectivity index (χ1v) is 12.4. The number of ketones is 1. The lowest BCUT2D eigenvalue weighted by Gasteiger charge is -2.34. The molecular formula is C29H33NO6. The van der Waals surface area contributed by atoms with E-state index >= 15 is 0 Å². The van der Waals surface area contributed by atoms with E-state index in [2.05, 4.69) is 5.32 Å². The first kappa shape index (κ1) is 25.4. The van der Waals surface area contributed by atoms with Gasteiger partial charge in [-0.05, 0) is 56.0 Å². The number of dihydropyridines is 1. The van der Waals surface area contributed by atoms with Crippen LogP contribution in [0.15, 0.2) is 71.1 Å². The van der Waals surface area contributed by atoms with Gasteiger partial charge in [-0.1, -0.05) is 31.2 Å². The van der Waals surface area contributed by atoms with Gasteiger partial charge >= 0.3 is 5.97 Å². The SMILES string of the molecule is CCCOc1ccc([C@H]2C(C(=O)OCCOc3ccccc3)=C(C)NC3=C2C(=O)CCC3)cc1OC. The van der Waals surface area contributed by atoms with Crippen molar-refractivity contribution in [3.05, 3.63) is 76.6 Å². The number of hydrogen-bond acceptors (Lipinski definition) is 7. The molecule has 0 saturated carbocycles. The van der Waals surface area contributed by atoms with Crippen LogP contribution < -0.4 is 19.5 Å². The molecule has 4 rings (SSSR count). The molecule has 1 aliphatic heterocycles.